The monoisotopic (exact) mass is 314 g/mol. The number of rotatable bonds is 5. The second-order valence-electron chi connectivity index (χ2n) is 3.48. The summed E-state index contributed by atoms with van der Waals surface area (Å²) in [6.45, 7) is 5.89. The first-order chi connectivity index (χ1) is 8.04. The molecule has 0 saturated heterocycles. The average molecular weight is 315 g/mol. The molecule has 5 heteroatoms. The van der Waals surface area contributed by atoms with Crippen molar-refractivity contribution in [3.8, 4) is 0 Å². The van der Waals surface area contributed by atoms with Crippen molar-refractivity contribution in [2.24, 2.45) is 0 Å². The van der Waals surface area contributed by atoms with E-state index in [4.69, 9.17) is 5.73 Å². The van der Waals surface area contributed by atoms with E-state index < -0.39 is 0 Å². The van der Waals surface area contributed by atoms with E-state index in [9.17, 15) is 4.79 Å². The number of hydrogen-bond donors (Lipinski definition) is 2. The molecule has 0 saturated carbocycles. The Balaban J connectivity index is 2.66. The molecule has 0 aromatic heterocycles. The number of benzene rings is 1. The van der Waals surface area contributed by atoms with Gasteiger partial charge in [0, 0.05) is 21.6 Å². The Labute approximate surface area is 114 Å². The fourth-order valence-corrected chi connectivity index (χ4v) is 2.65. The topological polar surface area (TPSA) is 55.1 Å². The van der Waals surface area contributed by atoms with Crippen molar-refractivity contribution >= 4 is 39.3 Å². The van der Waals surface area contributed by atoms with Crippen LogP contribution in [0.2, 0.25) is 0 Å². The summed E-state index contributed by atoms with van der Waals surface area (Å²) in [6, 6.07) is 5.61. The largest absolute Gasteiger partial charge is 0.398 e. The molecule has 3 N–H and O–H groups in total. The molecule has 1 aromatic carbocycles. The van der Waals surface area contributed by atoms with Gasteiger partial charge in [0.2, 0.25) is 5.91 Å². The normalized spacial score (nSPS) is 11.9. The molecule has 17 heavy (non-hydrogen) atoms. The van der Waals surface area contributed by atoms with Gasteiger partial charge in [-0.1, -0.05) is 22.0 Å². The number of nitrogens with two attached hydrogens (primary N) is 1. The van der Waals surface area contributed by atoms with Gasteiger partial charge in [0.15, 0.2) is 0 Å². The lowest BCUT2D eigenvalue weighted by molar-refractivity contribution is -0.120. The summed E-state index contributed by atoms with van der Waals surface area (Å²) < 4.78 is 0.952. The molecule has 0 aliphatic heterocycles. The molecule has 1 unspecified atom stereocenters. The molecule has 1 rings (SSSR count). The molecule has 0 fully saturated rings. The summed E-state index contributed by atoms with van der Waals surface area (Å²) >= 11 is 4.82. The van der Waals surface area contributed by atoms with E-state index >= 15 is 0 Å². The lowest BCUT2D eigenvalue weighted by Gasteiger charge is -2.12. The molecule has 0 spiro atoms. The molecule has 0 aliphatic rings. The Bertz CT molecular complexity index is 423. The minimum atomic E-state index is -0.188. The predicted octanol–water partition coefficient (Wildman–Crippen LogP) is 2.81. The van der Waals surface area contributed by atoms with Crippen LogP contribution in [0, 0.1) is 0 Å². The quantitative estimate of drug-likeness (QED) is 0.499. The van der Waals surface area contributed by atoms with Crippen LogP contribution in [-0.2, 0) is 4.79 Å². The maximum Gasteiger partial charge on any atom is 0.233 e. The van der Waals surface area contributed by atoms with E-state index in [1.807, 2.05) is 25.1 Å². The van der Waals surface area contributed by atoms with E-state index in [2.05, 4.69) is 27.8 Å². The van der Waals surface area contributed by atoms with Crippen LogP contribution >= 0.6 is 27.7 Å². The first-order valence-electron chi connectivity index (χ1n) is 5.15. The van der Waals surface area contributed by atoms with Crippen molar-refractivity contribution in [3.05, 3.63) is 35.3 Å². The first kappa shape index (κ1) is 14.1. The molecular weight excluding hydrogens is 300 g/mol. The summed E-state index contributed by atoms with van der Waals surface area (Å²) in [7, 11) is 0. The Kier molecular flexibility index (Phi) is 5.58. The van der Waals surface area contributed by atoms with Crippen LogP contribution in [0.1, 0.15) is 6.92 Å². The summed E-state index contributed by atoms with van der Waals surface area (Å²) in [5.74, 6) is -0.0192. The second kappa shape index (κ2) is 6.71. The van der Waals surface area contributed by atoms with Gasteiger partial charge in [0.05, 0.1) is 5.25 Å². The van der Waals surface area contributed by atoms with Gasteiger partial charge < -0.3 is 11.1 Å². The SMILES string of the molecule is C=CCNC(=O)C(C)Sc1cc(Br)ccc1N. The molecule has 92 valence electrons. The fourth-order valence-electron chi connectivity index (χ4n) is 1.17. The van der Waals surface area contributed by atoms with E-state index in [0.717, 1.165) is 9.37 Å². The van der Waals surface area contributed by atoms with Crippen molar-refractivity contribution in [2.75, 3.05) is 12.3 Å². The number of nitrogen functional groups attached to an aromatic ring is 1. The van der Waals surface area contributed by atoms with Crippen LogP contribution in [0.15, 0.2) is 40.2 Å². The highest BCUT2D eigenvalue weighted by Gasteiger charge is 2.14. The van der Waals surface area contributed by atoms with E-state index in [1.165, 1.54) is 11.8 Å². The molecule has 3 nitrogen and oxygen atoms in total. The third kappa shape index (κ3) is 4.44. The molecule has 0 aliphatic carbocycles. The number of hydrogen-bond acceptors (Lipinski definition) is 3. The highest BCUT2D eigenvalue weighted by Crippen LogP contribution is 2.31. The fraction of sp³-hybridized carbons (Fsp3) is 0.250. The molecule has 1 aromatic rings. The Morgan fingerprint density at radius 2 is 2.41 bits per heavy atom. The summed E-state index contributed by atoms with van der Waals surface area (Å²) in [5.41, 5.74) is 6.53. The van der Waals surface area contributed by atoms with Crippen molar-refractivity contribution in [1.82, 2.24) is 5.32 Å². The molecule has 1 atom stereocenters. The predicted molar refractivity (Wildman–Crippen MR) is 77.1 cm³/mol. The number of halogens is 1. The Morgan fingerprint density at radius 1 is 1.71 bits per heavy atom. The Hall–Kier alpha value is -0.940. The molecule has 0 radical (unpaired) electrons. The van der Waals surface area contributed by atoms with Gasteiger partial charge in [0.25, 0.3) is 0 Å². The smallest absolute Gasteiger partial charge is 0.233 e. The van der Waals surface area contributed by atoms with E-state index in [0.29, 0.717) is 12.2 Å². The lowest BCUT2D eigenvalue weighted by Crippen LogP contribution is -2.30. The van der Waals surface area contributed by atoms with E-state index in [1.54, 1.807) is 6.08 Å². The van der Waals surface area contributed by atoms with Crippen molar-refractivity contribution in [3.63, 3.8) is 0 Å². The molecule has 0 heterocycles. The highest BCUT2D eigenvalue weighted by molar-refractivity contribution is 9.10. The van der Waals surface area contributed by atoms with Crippen molar-refractivity contribution in [1.29, 1.82) is 0 Å². The van der Waals surface area contributed by atoms with Gasteiger partial charge >= 0.3 is 0 Å². The third-order valence-corrected chi connectivity index (χ3v) is 3.74. The number of nitrogens with one attached hydrogen (secondary N) is 1. The van der Waals surface area contributed by atoms with Gasteiger partial charge in [-0.05, 0) is 25.1 Å². The van der Waals surface area contributed by atoms with Crippen LogP contribution in [0.4, 0.5) is 5.69 Å². The molecule has 0 bridgehead atoms. The number of carbonyl (C=O) groups excluding carboxylic acids is 1. The van der Waals surface area contributed by atoms with Gasteiger partial charge in [-0.3, -0.25) is 4.79 Å². The summed E-state index contributed by atoms with van der Waals surface area (Å²) in [6.07, 6.45) is 1.66. The van der Waals surface area contributed by atoms with Crippen LogP contribution in [0.5, 0.6) is 0 Å². The first-order valence-corrected chi connectivity index (χ1v) is 6.82. The standard InChI is InChI=1S/C12H15BrN2OS/c1-3-6-15-12(16)8(2)17-11-7-9(13)4-5-10(11)14/h3-5,7-8H,1,6,14H2,2H3,(H,15,16). The van der Waals surface area contributed by atoms with Gasteiger partial charge in [-0.15, -0.1) is 18.3 Å². The maximum absolute atomic E-state index is 11.7. The lowest BCUT2D eigenvalue weighted by atomic mass is 10.3. The third-order valence-electron chi connectivity index (χ3n) is 2.07. The van der Waals surface area contributed by atoms with Gasteiger partial charge in [-0.25, -0.2) is 0 Å². The number of amides is 1. The molecular formula is C12H15BrN2OS. The van der Waals surface area contributed by atoms with E-state index in [-0.39, 0.29) is 11.2 Å². The van der Waals surface area contributed by atoms with Crippen LogP contribution in [-0.4, -0.2) is 17.7 Å². The second-order valence-corrected chi connectivity index (χ2v) is 5.77. The number of anilines is 1. The van der Waals surface area contributed by atoms with Crippen LogP contribution in [0.3, 0.4) is 0 Å². The van der Waals surface area contributed by atoms with Crippen molar-refractivity contribution in [2.45, 2.75) is 17.1 Å². The molecule has 1 amide bonds. The summed E-state index contributed by atoms with van der Waals surface area (Å²) in [4.78, 5) is 12.6. The zero-order valence-electron chi connectivity index (χ0n) is 9.57. The highest BCUT2D eigenvalue weighted by atomic mass is 79.9. The van der Waals surface area contributed by atoms with Gasteiger partial charge in [-0.2, -0.15) is 0 Å². The number of carbonyl (C=O) groups is 1. The van der Waals surface area contributed by atoms with Crippen LogP contribution < -0.4 is 11.1 Å². The maximum atomic E-state index is 11.7. The minimum Gasteiger partial charge on any atom is -0.398 e. The van der Waals surface area contributed by atoms with Crippen molar-refractivity contribution < 1.29 is 4.79 Å². The summed E-state index contributed by atoms with van der Waals surface area (Å²) in [5, 5.41) is 2.57. The zero-order chi connectivity index (χ0) is 12.8. The number of thioether (sulfide) groups is 1. The zero-order valence-corrected chi connectivity index (χ0v) is 12.0. The van der Waals surface area contributed by atoms with Gasteiger partial charge in [0.1, 0.15) is 0 Å². The minimum absolute atomic E-state index is 0.0192. The van der Waals surface area contributed by atoms with Crippen LogP contribution in [0.25, 0.3) is 0 Å². The average Bonchev–Trinajstić information content (AvgIpc) is 2.30. The Morgan fingerprint density at radius 3 is 3.06 bits per heavy atom.